The van der Waals surface area contributed by atoms with Gasteiger partial charge < -0.3 is 14.2 Å². The van der Waals surface area contributed by atoms with Gasteiger partial charge in [0, 0.05) is 29.4 Å². The van der Waals surface area contributed by atoms with Crippen molar-refractivity contribution >= 4 is 40.1 Å². The second-order valence-corrected chi connectivity index (χ2v) is 7.90. The highest BCUT2D eigenvalue weighted by Gasteiger charge is 2.16. The molecule has 0 spiro atoms. The SMILES string of the molecule is C=C/C=c1/oc(=O)c(-c2ccc(-c3cc4ccc(NC)cc4oc3=O)c3ccccc23)cc1=C. The van der Waals surface area contributed by atoms with Crippen molar-refractivity contribution in [2.75, 3.05) is 12.4 Å². The van der Waals surface area contributed by atoms with Crippen molar-refractivity contribution < 1.29 is 8.83 Å². The monoisotopic (exact) mass is 447 g/mol. The lowest BCUT2D eigenvalue weighted by Gasteiger charge is -2.11. The number of fused-ring (bicyclic) bond motifs is 2. The second-order valence-electron chi connectivity index (χ2n) is 7.90. The maximum absolute atomic E-state index is 13.0. The molecule has 0 bridgehead atoms. The maximum atomic E-state index is 13.0. The number of nitrogens with one attached hydrogen (secondary N) is 1. The Morgan fingerprint density at radius 3 is 2.09 bits per heavy atom. The van der Waals surface area contributed by atoms with Crippen LogP contribution >= 0.6 is 0 Å². The van der Waals surface area contributed by atoms with Gasteiger partial charge in [-0.2, -0.15) is 0 Å². The van der Waals surface area contributed by atoms with E-state index in [1.54, 1.807) is 24.3 Å². The van der Waals surface area contributed by atoms with Crippen LogP contribution in [0.2, 0.25) is 0 Å². The van der Waals surface area contributed by atoms with Gasteiger partial charge in [-0.1, -0.05) is 55.6 Å². The van der Waals surface area contributed by atoms with Crippen molar-refractivity contribution in [1.82, 2.24) is 0 Å². The first-order valence-corrected chi connectivity index (χ1v) is 10.7. The van der Waals surface area contributed by atoms with Gasteiger partial charge in [-0.25, -0.2) is 9.59 Å². The number of anilines is 1. The van der Waals surface area contributed by atoms with Gasteiger partial charge in [-0.15, -0.1) is 0 Å². The number of allylic oxidation sites excluding steroid dienone is 1. The summed E-state index contributed by atoms with van der Waals surface area (Å²) in [4.78, 5) is 25.8. The van der Waals surface area contributed by atoms with Gasteiger partial charge in [-0.3, -0.25) is 0 Å². The molecule has 5 rings (SSSR count). The van der Waals surface area contributed by atoms with E-state index in [0.717, 1.165) is 27.4 Å². The van der Waals surface area contributed by atoms with Crippen LogP contribution in [0.5, 0.6) is 0 Å². The summed E-state index contributed by atoms with van der Waals surface area (Å²) in [6, 6.07) is 20.5. The third kappa shape index (κ3) is 3.53. The minimum absolute atomic E-state index is 0.375. The molecule has 0 aliphatic heterocycles. The lowest BCUT2D eigenvalue weighted by atomic mass is 9.93. The molecule has 0 fully saturated rings. The predicted molar refractivity (Wildman–Crippen MR) is 138 cm³/mol. The van der Waals surface area contributed by atoms with E-state index in [2.05, 4.69) is 18.5 Å². The largest absolute Gasteiger partial charge is 0.422 e. The third-order valence-corrected chi connectivity index (χ3v) is 5.86. The highest BCUT2D eigenvalue weighted by atomic mass is 16.4. The summed E-state index contributed by atoms with van der Waals surface area (Å²) in [6.45, 7) is 7.63. The average Bonchev–Trinajstić information content (AvgIpc) is 2.85. The molecule has 0 aliphatic rings. The summed E-state index contributed by atoms with van der Waals surface area (Å²) in [5.41, 5.74) is 3.13. The summed E-state index contributed by atoms with van der Waals surface area (Å²) in [6.07, 6.45) is 3.15. The molecule has 3 aromatic carbocycles. The highest BCUT2D eigenvalue weighted by Crippen LogP contribution is 2.34. The molecule has 0 radical (unpaired) electrons. The standard InChI is InChI=1S/C29H21NO4/c1-4-7-26-17(2)14-24(28(31)33-26)22-12-13-23(21-9-6-5-8-20(21)22)25-15-18-10-11-19(30-3)16-27(18)34-29(25)32/h4-16,30H,1-2H2,3H3/b26-7+. The van der Waals surface area contributed by atoms with E-state index < -0.39 is 11.3 Å². The summed E-state index contributed by atoms with van der Waals surface area (Å²) in [5, 5.41) is 6.08. The Morgan fingerprint density at radius 2 is 1.44 bits per heavy atom. The van der Waals surface area contributed by atoms with Gasteiger partial charge in [0.05, 0.1) is 11.1 Å². The van der Waals surface area contributed by atoms with E-state index in [-0.39, 0.29) is 0 Å². The van der Waals surface area contributed by atoms with E-state index in [0.29, 0.717) is 32.9 Å². The molecule has 5 heteroatoms. The number of hydrogen-bond donors (Lipinski definition) is 1. The van der Waals surface area contributed by atoms with Crippen LogP contribution in [0.4, 0.5) is 5.69 Å². The number of rotatable bonds is 4. The van der Waals surface area contributed by atoms with Gasteiger partial charge in [0.1, 0.15) is 11.0 Å². The quantitative estimate of drug-likeness (QED) is 0.406. The zero-order chi connectivity index (χ0) is 23.8. The van der Waals surface area contributed by atoms with Crippen molar-refractivity contribution in [3.63, 3.8) is 0 Å². The molecule has 2 heterocycles. The lowest BCUT2D eigenvalue weighted by molar-refractivity contribution is 0.476. The van der Waals surface area contributed by atoms with Crippen LogP contribution in [0, 0.1) is 0 Å². The molecule has 0 saturated carbocycles. The smallest absolute Gasteiger partial charge is 0.344 e. The Labute approximate surface area is 194 Å². The summed E-state index contributed by atoms with van der Waals surface area (Å²) in [5.74, 6) is 0. The fourth-order valence-corrected chi connectivity index (χ4v) is 4.18. The minimum atomic E-state index is -0.469. The Hall–Kier alpha value is -4.64. The highest BCUT2D eigenvalue weighted by molar-refractivity contribution is 6.05. The summed E-state index contributed by atoms with van der Waals surface area (Å²) >= 11 is 0. The molecule has 0 unspecified atom stereocenters. The van der Waals surface area contributed by atoms with Crippen molar-refractivity contribution in [3.05, 3.63) is 111 Å². The molecule has 0 atom stereocenters. The Bertz CT molecular complexity index is 1830. The fraction of sp³-hybridized carbons (Fsp3) is 0.0345. The van der Waals surface area contributed by atoms with Crippen LogP contribution in [0.1, 0.15) is 0 Å². The topological polar surface area (TPSA) is 72.5 Å². The van der Waals surface area contributed by atoms with Crippen LogP contribution in [-0.2, 0) is 0 Å². The van der Waals surface area contributed by atoms with E-state index in [1.807, 2.05) is 61.6 Å². The molecule has 0 amide bonds. The van der Waals surface area contributed by atoms with Crippen molar-refractivity contribution in [3.8, 4) is 22.3 Å². The van der Waals surface area contributed by atoms with Crippen LogP contribution < -0.4 is 27.2 Å². The first-order chi connectivity index (χ1) is 16.5. The average molecular weight is 447 g/mol. The normalized spacial score (nSPS) is 11.7. The molecular weight excluding hydrogens is 426 g/mol. The fourth-order valence-electron chi connectivity index (χ4n) is 4.18. The van der Waals surface area contributed by atoms with E-state index in [4.69, 9.17) is 8.83 Å². The first-order valence-electron chi connectivity index (χ1n) is 10.7. The second kappa shape index (κ2) is 8.37. The molecule has 5 nitrogen and oxygen atoms in total. The van der Waals surface area contributed by atoms with E-state index in [9.17, 15) is 9.59 Å². The predicted octanol–water partition coefficient (Wildman–Crippen LogP) is 4.65. The lowest BCUT2D eigenvalue weighted by Crippen LogP contribution is -2.28. The van der Waals surface area contributed by atoms with Crippen molar-refractivity contribution in [1.29, 1.82) is 0 Å². The van der Waals surface area contributed by atoms with Crippen LogP contribution in [0.3, 0.4) is 0 Å². The third-order valence-electron chi connectivity index (χ3n) is 5.86. The van der Waals surface area contributed by atoms with Gasteiger partial charge in [0.2, 0.25) is 0 Å². The zero-order valence-electron chi connectivity index (χ0n) is 18.6. The van der Waals surface area contributed by atoms with Crippen LogP contribution in [-0.4, -0.2) is 7.05 Å². The van der Waals surface area contributed by atoms with Gasteiger partial charge in [0.15, 0.2) is 0 Å². The molecule has 0 aliphatic carbocycles. The zero-order valence-corrected chi connectivity index (χ0v) is 18.6. The molecule has 2 aromatic heterocycles. The van der Waals surface area contributed by atoms with Crippen molar-refractivity contribution in [2.24, 2.45) is 0 Å². The van der Waals surface area contributed by atoms with Gasteiger partial charge in [-0.05, 0) is 52.2 Å². The molecular formula is C29H21NO4. The minimum Gasteiger partial charge on any atom is -0.422 e. The first kappa shape index (κ1) is 21.2. The van der Waals surface area contributed by atoms with Gasteiger partial charge in [0.25, 0.3) is 0 Å². The molecule has 166 valence electrons. The number of benzene rings is 3. The molecule has 5 aromatic rings. The molecule has 34 heavy (non-hydrogen) atoms. The Kier molecular flexibility index (Phi) is 5.22. The van der Waals surface area contributed by atoms with Gasteiger partial charge >= 0.3 is 11.3 Å². The summed E-state index contributed by atoms with van der Waals surface area (Å²) < 4.78 is 11.1. The Morgan fingerprint density at radius 1 is 0.794 bits per heavy atom. The molecule has 0 saturated heterocycles. The van der Waals surface area contributed by atoms with Crippen LogP contribution in [0.25, 0.3) is 56.7 Å². The molecule has 1 N–H and O–H groups in total. The van der Waals surface area contributed by atoms with E-state index in [1.165, 1.54) is 0 Å². The number of hydrogen-bond acceptors (Lipinski definition) is 5. The van der Waals surface area contributed by atoms with Crippen LogP contribution in [0.15, 0.2) is 97.8 Å². The maximum Gasteiger partial charge on any atom is 0.344 e. The Balaban J connectivity index is 1.76. The van der Waals surface area contributed by atoms with Crippen molar-refractivity contribution in [2.45, 2.75) is 0 Å². The van der Waals surface area contributed by atoms with E-state index >= 15 is 0 Å². The summed E-state index contributed by atoms with van der Waals surface area (Å²) in [7, 11) is 1.81.